The Morgan fingerprint density at radius 3 is 2.35 bits per heavy atom. The van der Waals surface area contributed by atoms with E-state index in [-0.39, 0.29) is 11.2 Å². The summed E-state index contributed by atoms with van der Waals surface area (Å²) in [6, 6.07) is 0. The highest BCUT2D eigenvalue weighted by Crippen LogP contribution is 2.25. The predicted octanol–water partition coefficient (Wildman–Crippen LogP) is 1.09. The fourth-order valence-electron chi connectivity index (χ4n) is 1.94. The maximum atomic E-state index is 12.4. The predicted molar refractivity (Wildman–Crippen MR) is 80.4 cm³/mol. The fraction of sp³-hybridized carbons (Fsp3) is 0.538. The molecule has 2 heterocycles. The Hall–Kier alpha value is -1.63. The number of aromatic nitrogens is 4. The van der Waals surface area contributed by atoms with Gasteiger partial charge in [0.1, 0.15) is 16.2 Å². The van der Waals surface area contributed by atoms with Crippen molar-refractivity contribution >= 4 is 22.8 Å². The van der Waals surface area contributed by atoms with Crippen LogP contribution in [-0.2, 0) is 20.5 Å². The van der Waals surface area contributed by atoms with E-state index in [0.29, 0.717) is 33.6 Å². The largest absolute Gasteiger partial charge is 0.332 e. The van der Waals surface area contributed by atoms with Crippen LogP contribution in [-0.4, -0.2) is 24.4 Å². The Morgan fingerprint density at radius 2 is 1.80 bits per heavy atom. The van der Waals surface area contributed by atoms with Crippen LogP contribution in [0.25, 0.3) is 11.0 Å². The number of aryl methyl sites for hydroxylation is 2. The Morgan fingerprint density at radius 1 is 1.15 bits per heavy atom. The van der Waals surface area contributed by atoms with Crippen LogP contribution in [0.1, 0.15) is 26.6 Å². The van der Waals surface area contributed by atoms with E-state index < -0.39 is 0 Å². The highest BCUT2D eigenvalue weighted by Gasteiger charge is 2.17. The summed E-state index contributed by atoms with van der Waals surface area (Å²) in [6.07, 6.45) is 0.658. The van der Waals surface area contributed by atoms with Gasteiger partial charge in [-0.3, -0.25) is 13.9 Å². The molecule has 2 aromatic heterocycles. The number of rotatable bonds is 3. The standard InChI is InChI=1S/C13H18N4O2S/c1-6-8-14-10-9(11(15-8)20-7(2)3)12(18)17(5)13(19)16(10)4/h7H,6H2,1-5H3. The Kier molecular flexibility index (Phi) is 3.99. The van der Waals surface area contributed by atoms with E-state index in [0.717, 1.165) is 4.57 Å². The van der Waals surface area contributed by atoms with Crippen LogP contribution >= 0.6 is 11.8 Å². The second-order valence-electron chi connectivity index (χ2n) is 4.87. The maximum absolute atomic E-state index is 12.4. The van der Waals surface area contributed by atoms with Gasteiger partial charge in [0.15, 0.2) is 5.65 Å². The molecule has 0 radical (unpaired) electrons. The molecule has 0 saturated heterocycles. The molecule has 0 aliphatic carbocycles. The van der Waals surface area contributed by atoms with Gasteiger partial charge in [-0.1, -0.05) is 20.8 Å². The zero-order valence-corrected chi connectivity index (χ0v) is 13.1. The topological polar surface area (TPSA) is 69.8 Å². The van der Waals surface area contributed by atoms with Crippen LogP contribution in [0.4, 0.5) is 0 Å². The molecule has 0 saturated carbocycles. The molecule has 0 amide bonds. The van der Waals surface area contributed by atoms with Crippen LogP contribution in [0.15, 0.2) is 14.6 Å². The van der Waals surface area contributed by atoms with E-state index in [1.165, 1.54) is 23.4 Å². The van der Waals surface area contributed by atoms with E-state index >= 15 is 0 Å². The summed E-state index contributed by atoms with van der Waals surface area (Å²) >= 11 is 1.52. The van der Waals surface area contributed by atoms with Gasteiger partial charge in [0.05, 0.1) is 0 Å². The summed E-state index contributed by atoms with van der Waals surface area (Å²) in [5, 5.41) is 1.36. The highest BCUT2D eigenvalue weighted by molar-refractivity contribution is 8.00. The summed E-state index contributed by atoms with van der Waals surface area (Å²) in [6.45, 7) is 6.03. The molecule has 0 atom stereocenters. The van der Waals surface area contributed by atoms with Gasteiger partial charge in [0.25, 0.3) is 5.56 Å². The summed E-state index contributed by atoms with van der Waals surface area (Å²) in [5.74, 6) is 0.643. The third-order valence-electron chi connectivity index (χ3n) is 2.98. The van der Waals surface area contributed by atoms with Crippen molar-refractivity contribution in [2.24, 2.45) is 14.1 Å². The molecular weight excluding hydrogens is 276 g/mol. The molecule has 0 aromatic carbocycles. The molecule has 20 heavy (non-hydrogen) atoms. The quantitative estimate of drug-likeness (QED) is 0.626. The lowest BCUT2D eigenvalue weighted by molar-refractivity contribution is 0.698. The Labute approximate surface area is 120 Å². The van der Waals surface area contributed by atoms with Crippen molar-refractivity contribution in [3.63, 3.8) is 0 Å². The molecule has 0 fully saturated rings. The lowest BCUT2D eigenvalue weighted by Crippen LogP contribution is -2.37. The molecule has 0 unspecified atom stereocenters. The van der Waals surface area contributed by atoms with Crippen LogP contribution in [0.3, 0.4) is 0 Å². The minimum absolute atomic E-state index is 0.291. The van der Waals surface area contributed by atoms with Crippen LogP contribution in [0, 0.1) is 0 Å². The molecular formula is C13H18N4O2S. The van der Waals surface area contributed by atoms with Gasteiger partial charge in [-0.2, -0.15) is 0 Å². The smallest absolute Gasteiger partial charge is 0.280 e. The van der Waals surface area contributed by atoms with Crippen LogP contribution in [0.2, 0.25) is 0 Å². The molecule has 2 rings (SSSR count). The molecule has 0 aliphatic heterocycles. The summed E-state index contributed by atoms with van der Waals surface area (Å²) in [5.41, 5.74) is -0.300. The SMILES string of the molecule is CCc1nc(SC(C)C)c2c(=O)n(C)c(=O)n(C)c2n1. The maximum Gasteiger partial charge on any atom is 0.332 e. The van der Waals surface area contributed by atoms with Crippen molar-refractivity contribution in [1.29, 1.82) is 0 Å². The molecule has 0 spiro atoms. The van der Waals surface area contributed by atoms with Gasteiger partial charge in [-0.15, -0.1) is 11.8 Å². The third-order valence-corrected chi connectivity index (χ3v) is 3.97. The van der Waals surface area contributed by atoms with Crippen molar-refractivity contribution in [1.82, 2.24) is 19.1 Å². The first kappa shape index (κ1) is 14.8. The van der Waals surface area contributed by atoms with Crippen LogP contribution in [0.5, 0.6) is 0 Å². The normalized spacial score (nSPS) is 11.5. The first-order valence-electron chi connectivity index (χ1n) is 6.50. The third kappa shape index (κ3) is 2.37. The monoisotopic (exact) mass is 294 g/mol. The van der Waals surface area contributed by atoms with Gasteiger partial charge in [0.2, 0.25) is 0 Å². The Balaban J connectivity index is 2.98. The molecule has 2 aromatic rings. The van der Waals surface area contributed by atoms with Crippen LogP contribution < -0.4 is 11.2 Å². The van der Waals surface area contributed by atoms with Crippen molar-refractivity contribution in [2.45, 2.75) is 37.5 Å². The second kappa shape index (κ2) is 5.40. The number of nitrogens with zero attached hydrogens (tertiary/aromatic N) is 4. The number of hydrogen-bond acceptors (Lipinski definition) is 5. The lowest BCUT2D eigenvalue weighted by atomic mass is 10.3. The zero-order valence-electron chi connectivity index (χ0n) is 12.3. The minimum atomic E-state index is -0.372. The fourth-order valence-corrected chi connectivity index (χ4v) is 2.84. The first-order valence-corrected chi connectivity index (χ1v) is 7.38. The summed E-state index contributed by atoms with van der Waals surface area (Å²) in [4.78, 5) is 33.2. The first-order chi connectivity index (χ1) is 9.36. The summed E-state index contributed by atoms with van der Waals surface area (Å²) in [7, 11) is 3.10. The number of thioether (sulfide) groups is 1. The van der Waals surface area contributed by atoms with Gasteiger partial charge >= 0.3 is 5.69 Å². The van der Waals surface area contributed by atoms with Crippen molar-refractivity contribution in [2.75, 3.05) is 0 Å². The molecule has 7 heteroatoms. The minimum Gasteiger partial charge on any atom is -0.280 e. The van der Waals surface area contributed by atoms with E-state index in [4.69, 9.17) is 0 Å². The molecule has 0 N–H and O–H groups in total. The van der Waals surface area contributed by atoms with Crippen molar-refractivity contribution in [3.05, 3.63) is 26.7 Å². The number of hydrogen-bond donors (Lipinski definition) is 0. The summed E-state index contributed by atoms with van der Waals surface area (Å²) < 4.78 is 2.50. The lowest BCUT2D eigenvalue weighted by Gasteiger charge is -2.12. The average molecular weight is 294 g/mol. The second-order valence-corrected chi connectivity index (χ2v) is 6.43. The zero-order chi connectivity index (χ0) is 15.0. The average Bonchev–Trinajstić information content (AvgIpc) is 2.41. The number of fused-ring (bicyclic) bond motifs is 1. The van der Waals surface area contributed by atoms with E-state index in [2.05, 4.69) is 9.97 Å². The van der Waals surface area contributed by atoms with Crippen molar-refractivity contribution in [3.8, 4) is 0 Å². The Bertz CT molecular complexity index is 777. The van der Waals surface area contributed by atoms with Gasteiger partial charge in [-0.05, 0) is 0 Å². The molecule has 6 nitrogen and oxygen atoms in total. The molecule has 0 aliphatic rings. The van der Waals surface area contributed by atoms with Gasteiger partial charge in [-0.25, -0.2) is 14.8 Å². The molecule has 0 bridgehead atoms. The highest BCUT2D eigenvalue weighted by atomic mass is 32.2. The van der Waals surface area contributed by atoms with Crippen molar-refractivity contribution < 1.29 is 0 Å². The van der Waals surface area contributed by atoms with E-state index in [1.54, 1.807) is 7.05 Å². The molecule has 108 valence electrons. The van der Waals surface area contributed by atoms with E-state index in [1.807, 2.05) is 20.8 Å². The van der Waals surface area contributed by atoms with E-state index in [9.17, 15) is 9.59 Å². The van der Waals surface area contributed by atoms with Gasteiger partial charge in [0, 0.05) is 25.8 Å². The van der Waals surface area contributed by atoms with Gasteiger partial charge < -0.3 is 0 Å².